The van der Waals surface area contributed by atoms with Gasteiger partial charge in [0.15, 0.2) is 6.61 Å². The van der Waals surface area contributed by atoms with Gasteiger partial charge in [-0.1, -0.05) is 0 Å². The van der Waals surface area contributed by atoms with Gasteiger partial charge in [0.05, 0.1) is 5.56 Å². The summed E-state index contributed by atoms with van der Waals surface area (Å²) < 4.78 is 5.03. The van der Waals surface area contributed by atoms with Gasteiger partial charge in [0.1, 0.15) is 0 Å². The monoisotopic (exact) mass is 290 g/mol. The first kappa shape index (κ1) is 15.4. The standard InChI is InChI=1S/C16H22N2O3/c1-11(12-4-5-12)17-15(19)10-21-16(20)13-6-8-14(9-7-13)18(2)3/h6-9,11-12H,4-5,10H2,1-3H3,(H,17,19)/t11-/m0/s1. The van der Waals surface area contributed by atoms with Gasteiger partial charge in [-0.2, -0.15) is 0 Å². The molecule has 5 nitrogen and oxygen atoms in total. The summed E-state index contributed by atoms with van der Waals surface area (Å²) in [7, 11) is 3.86. The van der Waals surface area contributed by atoms with Crippen LogP contribution in [0.5, 0.6) is 0 Å². The molecule has 1 saturated carbocycles. The molecule has 0 radical (unpaired) electrons. The quantitative estimate of drug-likeness (QED) is 0.812. The lowest BCUT2D eigenvalue weighted by Gasteiger charge is -2.13. The predicted molar refractivity (Wildman–Crippen MR) is 81.4 cm³/mol. The SMILES string of the molecule is C[C@H](NC(=O)COC(=O)c1ccc(N(C)C)cc1)C1CC1. The molecule has 114 valence electrons. The second-order valence-corrected chi connectivity index (χ2v) is 5.71. The van der Waals surface area contributed by atoms with Crippen LogP contribution in [0.2, 0.25) is 0 Å². The average Bonchev–Trinajstić information content (AvgIpc) is 3.29. The smallest absolute Gasteiger partial charge is 0.338 e. The summed E-state index contributed by atoms with van der Waals surface area (Å²) in [5, 5.41) is 2.85. The van der Waals surface area contributed by atoms with E-state index in [0.717, 1.165) is 5.69 Å². The minimum atomic E-state index is -0.477. The van der Waals surface area contributed by atoms with Crippen molar-refractivity contribution >= 4 is 17.6 Å². The number of anilines is 1. The lowest BCUT2D eigenvalue weighted by Crippen LogP contribution is -2.37. The van der Waals surface area contributed by atoms with E-state index in [1.54, 1.807) is 12.1 Å². The average molecular weight is 290 g/mol. The Kier molecular flexibility index (Phi) is 4.83. The summed E-state index contributed by atoms with van der Waals surface area (Å²) in [6.07, 6.45) is 2.33. The number of rotatable bonds is 6. The molecule has 0 bridgehead atoms. The van der Waals surface area contributed by atoms with Crippen LogP contribution in [0.25, 0.3) is 0 Å². The van der Waals surface area contributed by atoms with Crippen LogP contribution in [0.4, 0.5) is 5.69 Å². The van der Waals surface area contributed by atoms with Crippen molar-refractivity contribution in [3.8, 4) is 0 Å². The summed E-state index contributed by atoms with van der Waals surface area (Å²) >= 11 is 0. The molecule has 2 rings (SSSR count). The van der Waals surface area contributed by atoms with Gasteiger partial charge in [-0.05, 0) is 49.9 Å². The third-order valence-corrected chi connectivity index (χ3v) is 3.67. The lowest BCUT2D eigenvalue weighted by atomic mass is 10.2. The highest BCUT2D eigenvalue weighted by Gasteiger charge is 2.28. The van der Waals surface area contributed by atoms with Gasteiger partial charge in [-0.25, -0.2) is 4.79 Å². The number of nitrogens with zero attached hydrogens (tertiary/aromatic N) is 1. The Labute approximate surface area is 125 Å². The minimum Gasteiger partial charge on any atom is -0.452 e. The second-order valence-electron chi connectivity index (χ2n) is 5.71. The van der Waals surface area contributed by atoms with Gasteiger partial charge >= 0.3 is 5.97 Å². The van der Waals surface area contributed by atoms with Crippen LogP contribution in [0.15, 0.2) is 24.3 Å². The van der Waals surface area contributed by atoms with E-state index in [1.807, 2.05) is 38.1 Å². The van der Waals surface area contributed by atoms with E-state index in [1.165, 1.54) is 12.8 Å². The van der Waals surface area contributed by atoms with Crippen LogP contribution >= 0.6 is 0 Å². The third kappa shape index (κ3) is 4.48. The van der Waals surface area contributed by atoms with Crippen molar-refractivity contribution in [2.24, 2.45) is 5.92 Å². The van der Waals surface area contributed by atoms with Crippen molar-refractivity contribution in [2.75, 3.05) is 25.6 Å². The maximum atomic E-state index is 11.8. The highest BCUT2D eigenvalue weighted by molar-refractivity contribution is 5.91. The van der Waals surface area contributed by atoms with Gasteiger partial charge in [0.25, 0.3) is 5.91 Å². The molecule has 1 amide bonds. The largest absolute Gasteiger partial charge is 0.452 e. The molecule has 5 heteroatoms. The zero-order chi connectivity index (χ0) is 15.4. The Balaban J connectivity index is 1.79. The van der Waals surface area contributed by atoms with E-state index in [4.69, 9.17) is 4.74 Å². The number of carbonyl (C=O) groups excluding carboxylic acids is 2. The zero-order valence-corrected chi connectivity index (χ0v) is 12.8. The van der Waals surface area contributed by atoms with Crippen molar-refractivity contribution in [2.45, 2.75) is 25.8 Å². The molecule has 1 N–H and O–H groups in total. The molecule has 1 aromatic carbocycles. The summed E-state index contributed by atoms with van der Waals surface area (Å²) in [6.45, 7) is 1.75. The zero-order valence-electron chi connectivity index (χ0n) is 12.8. The molecule has 0 spiro atoms. The molecule has 1 aliphatic carbocycles. The lowest BCUT2D eigenvalue weighted by molar-refractivity contribution is -0.124. The molecule has 1 atom stereocenters. The molecule has 0 heterocycles. The molecule has 0 aliphatic heterocycles. The number of esters is 1. The summed E-state index contributed by atoms with van der Waals surface area (Å²) in [4.78, 5) is 25.5. The highest BCUT2D eigenvalue weighted by Crippen LogP contribution is 2.32. The van der Waals surface area contributed by atoms with E-state index >= 15 is 0 Å². The Bertz CT molecular complexity index is 507. The Hall–Kier alpha value is -2.04. The predicted octanol–water partition coefficient (Wildman–Crippen LogP) is 1.82. The summed E-state index contributed by atoms with van der Waals surface area (Å²) in [5.74, 6) is -0.134. The van der Waals surface area contributed by atoms with Crippen molar-refractivity contribution < 1.29 is 14.3 Å². The fourth-order valence-corrected chi connectivity index (χ4v) is 2.12. The van der Waals surface area contributed by atoms with Crippen molar-refractivity contribution in [3.05, 3.63) is 29.8 Å². The number of ether oxygens (including phenoxy) is 1. The van der Waals surface area contributed by atoms with E-state index < -0.39 is 5.97 Å². The minimum absolute atomic E-state index is 0.163. The van der Waals surface area contributed by atoms with Crippen LogP contribution in [-0.2, 0) is 9.53 Å². The normalized spacial score (nSPS) is 15.2. The highest BCUT2D eigenvalue weighted by atomic mass is 16.5. The van der Waals surface area contributed by atoms with Crippen molar-refractivity contribution in [1.82, 2.24) is 5.32 Å². The Morgan fingerprint density at radius 3 is 2.43 bits per heavy atom. The summed E-state index contributed by atoms with van der Waals surface area (Å²) in [6, 6.07) is 7.23. The molecule has 1 aromatic rings. The van der Waals surface area contributed by atoms with Gasteiger partial charge in [-0.3, -0.25) is 4.79 Å². The molecular formula is C16H22N2O3. The maximum absolute atomic E-state index is 11.8. The van der Waals surface area contributed by atoms with E-state index in [0.29, 0.717) is 11.5 Å². The van der Waals surface area contributed by atoms with E-state index in [-0.39, 0.29) is 18.6 Å². The topological polar surface area (TPSA) is 58.6 Å². The van der Waals surface area contributed by atoms with Gasteiger partial charge < -0.3 is 15.0 Å². The van der Waals surface area contributed by atoms with Crippen LogP contribution in [0, 0.1) is 5.92 Å². The first-order valence-corrected chi connectivity index (χ1v) is 7.21. The molecule has 1 aliphatic rings. The molecule has 0 aromatic heterocycles. The number of hydrogen-bond donors (Lipinski definition) is 1. The maximum Gasteiger partial charge on any atom is 0.338 e. The number of nitrogens with one attached hydrogen (secondary N) is 1. The third-order valence-electron chi connectivity index (χ3n) is 3.67. The van der Waals surface area contributed by atoms with Gasteiger partial charge in [0, 0.05) is 25.8 Å². The van der Waals surface area contributed by atoms with Gasteiger partial charge in [0.2, 0.25) is 0 Å². The molecule has 1 fully saturated rings. The van der Waals surface area contributed by atoms with Crippen LogP contribution in [0.3, 0.4) is 0 Å². The van der Waals surface area contributed by atoms with E-state index in [9.17, 15) is 9.59 Å². The number of carbonyl (C=O) groups is 2. The van der Waals surface area contributed by atoms with Gasteiger partial charge in [-0.15, -0.1) is 0 Å². The molecule has 21 heavy (non-hydrogen) atoms. The Morgan fingerprint density at radius 2 is 1.90 bits per heavy atom. The van der Waals surface area contributed by atoms with Crippen LogP contribution in [0.1, 0.15) is 30.1 Å². The molecular weight excluding hydrogens is 268 g/mol. The first-order valence-electron chi connectivity index (χ1n) is 7.21. The van der Waals surface area contributed by atoms with Crippen LogP contribution < -0.4 is 10.2 Å². The summed E-state index contributed by atoms with van der Waals surface area (Å²) in [5.41, 5.74) is 1.45. The van der Waals surface area contributed by atoms with Crippen molar-refractivity contribution in [3.63, 3.8) is 0 Å². The van der Waals surface area contributed by atoms with Crippen molar-refractivity contribution in [1.29, 1.82) is 0 Å². The van der Waals surface area contributed by atoms with Crippen LogP contribution in [-0.4, -0.2) is 38.6 Å². The molecule has 0 saturated heterocycles. The number of hydrogen-bond acceptors (Lipinski definition) is 4. The number of amides is 1. The molecule has 0 unspecified atom stereocenters. The first-order chi connectivity index (χ1) is 9.97. The fourth-order valence-electron chi connectivity index (χ4n) is 2.12. The Morgan fingerprint density at radius 1 is 1.29 bits per heavy atom. The van der Waals surface area contributed by atoms with E-state index in [2.05, 4.69) is 5.32 Å². The fraction of sp³-hybridized carbons (Fsp3) is 0.500. The number of benzene rings is 1. The second kappa shape index (κ2) is 6.61.